The van der Waals surface area contributed by atoms with Gasteiger partial charge in [-0.3, -0.25) is 9.69 Å². The van der Waals surface area contributed by atoms with E-state index in [9.17, 15) is 4.79 Å². The quantitative estimate of drug-likeness (QED) is 0.627. The van der Waals surface area contributed by atoms with Crippen molar-refractivity contribution < 1.29 is 9.53 Å². The van der Waals surface area contributed by atoms with Gasteiger partial charge in [0.15, 0.2) is 0 Å². The number of ether oxygens (including phenoxy) is 1. The Kier molecular flexibility index (Phi) is 4.40. The van der Waals surface area contributed by atoms with Crippen LogP contribution in [0.3, 0.4) is 0 Å². The fourth-order valence-electron chi connectivity index (χ4n) is 1.22. The molecule has 0 aliphatic heterocycles. The molecule has 0 heterocycles. The summed E-state index contributed by atoms with van der Waals surface area (Å²) < 4.78 is 4.75. The summed E-state index contributed by atoms with van der Waals surface area (Å²) in [6, 6.07) is 0.383. The normalized spacial score (nSPS) is 14.4. The van der Waals surface area contributed by atoms with Gasteiger partial charge in [-0.1, -0.05) is 6.92 Å². The molecule has 1 unspecified atom stereocenters. The zero-order valence-corrected chi connectivity index (χ0v) is 9.55. The Morgan fingerprint density at radius 3 is 2.31 bits per heavy atom. The molecule has 0 saturated heterocycles. The van der Waals surface area contributed by atoms with Gasteiger partial charge in [-0.25, -0.2) is 0 Å². The number of likely N-dealkylation sites (N-methyl/N-ethyl adjacent to an activating group) is 1. The minimum atomic E-state index is -0.538. The number of methoxy groups -OCH3 is 1. The second-order valence-electron chi connectivity index (χ2n) is 3.92. The summed E-state index contributed by atoms with van der Waals surface area (Å²) in [6.45, 7) is 7.97. The van der Waals surface area contributed by atoms with Crippen LogP contribution in [0, 0.1) is 0 Å². The lowest BCUT2D eigenvalue weighted by atomic mass is 10.0. The van der Waals surface area contributed by atoms with Gasteiger partial charge >= 0.3 is 5.97 Å². The molecule has 0 aromatic carbocycles. The summed E-state index contributed by atoms with van der Waals surface area (Å²) in [5, 5.41) is 0. The Balaban J connectivity index is 4.52. The van der Waals surface area contributed by atoms with Crippen molar-refractivity contribution in [2.24, 2.45) is 0 Å². The van der Waals surface area contributed by atoms with E-state index >= 15 is 0 Å². The van der Waals surface area contributed by atoms with Crippen LogP contribution in [0.2, 0.25) is 0 Å². The van der Waals surface area contributed by atoms with E-state index < -0.39 is 5.54 Å². The first-order valence-corrected chi connectivity index (χ1v) is 4.69. The topological polar surface area (TPSA) is 29.5 Å². The Morgan fingerprint density at radius 2 is 2.00 bits per heavy atom. The van der Waals surface area contributed by atoms with E-state index in [4.69, 9.17) is 4.74 Å². The van der Waals surface area contributed by atoms with Crippen molar-refractivity contribution in [2.75, 3.05) is 14.2 Å². The van der Waals surface area contributed by atoms with E-state index in [0.717, 1.165) is 6.42 Å². The second-order valence-corrected chi connectivity index (χ2v) is 3.92. The molecule has 1 atom stereocenters. The van der Waals surface area contributed by atoms with Crippen LogP contribution in [0.5, 0.6) is 0 Å². The molecule has 0 aromatic heterocycles. The SMILES string of the molecule is CCC(C)N(C)C(C)(C)C(=O)OC. The molecule has 3 heteroatoms. The van der Waals surface area contributed by atoms with E-state index in [0.29, 0.717) is 6.04 Å². The summed E-state index contributed by atoms with van der Waals surface area (Å²) in [4.78, 5) is 13.5. The molecule has 0 amide bonds. The van der Waals surface area contributed by atoms with E-state index in [-0.39, 0.29) is 5.97 Å². The molecule has 0 aliphatic rings. The van der Waals surface area contributed by atoms with Gasteiger partial charge in [-0.05, 0) is 34.2 Å². The van der Waals surface area contributed by atoms with Crippen LogP contribution in [0.1, 0.15) is 34.1 Å². The summed E-state index contributed by atoms with van der Waals surface area (Å²) >= 11 is 0. The summed E-state index contributed by atoms with van der Waals surface area (Å²) in [5.41, 5.74) is -0.538. The van der Waals surface area contributed by atoms with E-state index in [1.54, 1.807) is 0 Å². The maximum atomic E-state index is 11.4. The maximum Gasteiger partial charge on any atom is 0.325 e. The van der Waals surface area contributed by atoms with Crippen LogP contribution in [0.25, 0.3) is 0 Å². The Morgan fingerprint density at radius 1 is 1.54 bits per heavy atom. The lowest BCUT2D eigenvalue weighted by Gasteiger charge is -2.36. The summed E-state index contributed by atoms with van der Waals surface area (Å²) in [6.07, 6.45) is 1.02. The number of carbonyl (C=O) groups excluding carboxylic acids is 1. The summed E-state index contributed by atoms with van der Waals surface area (Å²) in [5.74, 6) is -0.185. The molecule has 0 bridgehead atoms. The number of hydrogen-bond acceptors (Lipinski definition) is 3. The van der Waals surface area contributed by atoms with Crippen molar-refractivity contribution >= 4 is 5.97 Å². The van der Waals surface area contributed by atoms with Crippen LogP contribution >= 0.6 is 0 Å². The third kappa shape index (κ3) is 2.69. The molecule has 0 rings (SSSR count). The molecule has 0 spiro atoms. The minimum Gasteiger partial charge on any atom is -0.468 e. The molecule has 0 aliphatic carbocycles. The number of esters is 1. The third-order valence-electron chi connectivity index (χ3n) is 2.82. The third-order valence-corrected chi connectivity index (χ3v) is 2.82. The first-order chi connectivity index (χ1) is 5.87. The van der Waals surface area contributed by atoms with Crippen LogP contribution < -0.4 is 0 Å². The average Bonchev–Trinajstić information content (AvgIpc) is 2.13. The zero-order chi connectivity index (χ0) is 10.6. The van der Waals surface area contributed by atoms with Gasteiger partial charge in [0, 0.05) is 6.04 Å². The fourth-order valence-corrected chi connectivity index (χ4v) is 1.22. The molecule has 0 aromatic rings. The molecule has 0 fully saturated rings. The van der Waals surface area contributed by atoms with Crippen molar-refractivity contribution in [2.45, 2.75) is 45.7 Å². The fraction of sp³-hybridized carbons (Fsp3) is 0.900. The smallest absolute Gasteiger partial charge is 0.325 e. The lowest BCUT2D eigenvalue weighted by molar-refractivity contribution is -0.153. The van der Waals surface area contributed by atoms with Crippen molar-refractivity contribution in [3.63, 3.8) is 0 Å². The van der Waals surface area contributed by atoms with Crippen LogP contribution in [0.15, 0.2) is 0 Å². The predicted molar refractivity (Wildman–Crippen MR) is 53.6 cm³/mol. The number of nitrogens with zero attached hydrogens (tertiary/aromatic N) is 1. The molecule has 13 heavy (non-hydrogen) atoms. The molecule has 78 valence electrons. The molecule has 3 nitrogen and oxygen atoms in total. The monoisotopic (exact) mass is 187 g/mol. The highest BCUT2D eigenvalue weighted by atomic mass is 16.5. The largest absolute Gasteiger partial charge is 0.468 e. The predicted octanol–water partition coefficient (Wildman–Crippen LogP) is 1.67. The van der Waals surface area contributed by atoms with Gasteiger partial charge in [-0.15, -0.1) is 0 Å². The molecular weight excluding hydrogens is 166 g/mol. The number of hydrogen-bond donors (Lipinski definition) is 0. The highest BCUT2D eigenvalue weighted by molar-refractivity contribution is 5.79. The molecular formula is C10H21NO2. The van der Waals surface area contributed by atoms with Crippen molar-refractivity contribution in [1.29, 1.82) is 0 Å². The van der Waals surface area contributed by atoms with Gasteiger partial charge in [0.25, 0.3) is 0 Å². The Hall–Kier alpha value is -0.570. The standard InChI is InChI=1S/C10H21NO2/c1-7-8(2)11(5)10(3,4)9(12)13-6/h8H,7H2,1-6H3. The van der Waals surface area contributed by atoms with Crippen molar-refractivity contribution in [3.05, 3.63) is 0 Å². The van der Waals surface area contributed by atoms with E-state index in [1.165, 1.54) is 7.11 Å². The first kappa shape index (κ1) is 12.4. The Labute approximate surface area is 81.1 Å². The second kappa shape index (κ2) is 4.61. The van der Waals surface area contributed by atoms with Crippen LogP contribution in [-0.2, 0) is 9.53 Å². The lowest BCUT2D eigenvalue weighted by Crippen LogP contribution is -2.52. The molecule has 0 N–H and O–H groups in total. The highest BCUT2D eigenvalue weighted by Gasteiger charge is 2.35. The maximum absolute atomic E-state index is 11.4. The van der Waals surface area contributed by atoms with Crippen LogP contribution in [0.4, 0.5) is 0 Å². The van der Waals surface area contributed by atoms with Gasteiger partial charge in [0.2, 0.25) is 0 Å². The number of rotatable bonds is 4. The highest BCUT2D eigenvalue weighted by Crippen LogP contribution is 2.18. The average molecular weight is 187 g/mol. The number of carbonyl (C=O) groups is 1. The van der Waals surface area contributed by atoms with Gasteiger partial charge in [-0.2, -0.15) is 0 Å². The summed E-state index contributed by atoms with van der Waals surface area (Å²) in [7, 11) is 3.37. The van der Waals surface area contributed by atoms with Crippen LogP contribution in [-0.4, -0.2) is 36.6 Å². The van der Waals surface area contributed by atoms with Gasteiger partial charge in [0.05, 0.1) is 7.11 Å². The first-order valence-electron chi connectivity index (χ1n) is 4.69. The molecule has 0 radical (unpaired) electrons. The minimum absolute atomic E-state index is 0.185. The van der Waals surface area contributed by atoms with Crippen molar-refractivity contribution in [1.82, 2.24) is 4.90 Å². The van der Waals surface area contributed by atoms with Gasteiger partial charge in [0.1, 0.15) is 5.54 Å². The van der Waals surface area contributed by atoms with Gasteiger partial charge < -0.3 is 4.74 Å². The van der Waals surface area contributed by atoms with E-state index in [1.807, 2.05) is 25.8 Å². The van der Waals surface area contributed by atoms with E-state index in [2.05, 4.69) is 13.8 Å². The molecule has 0 saturated carbocycles. The Bertz CT molecular complexity index is 178. The van der Waals surface area contributed by atoms with Crippen molar-refractivity contribution in [3.8, 4) is 0 Å². The zero-order valence-electron chi connectivity index (χ0n) is 9.55.